The van der Waals surface area contributed by atoms with E-state index < -0.39 is 6.88 Å². The van der Waals surface area contributed by atoms with E-state index in [9.17, 15) is 0 Å². The fraction of sp³-hybridized carbons (Fsp3) is 0.167. The van der Waals surface area contributed by atoms with E-state index in [2.05, 4.69) is 4.98 Å². The van der Waals surface area contributed by atoms with Gasteiger partial charge in [0.15, 0.2) is 0 Å². The average molecular weight is 96.1 g/mol. The second-order valence-electron chi connectivity index (χ2n) is 1.19. The Kier molecular flexibility index (Phi) is 0.483. The van der Waals surface area contributed by atoms with Crippen LogP contribution in [0.3, 0.4) is 0 Å². The molecule has 0 atom stereocenters. The molecule has 1 rings (SSSR count). The highest BCUT2D eigenvalue weighted by molar-refractivity contribution is 4.99. The van der Waals surface area contributed by atoms with Crippen LogP contribution in [0.4, 0.5) is 0 Å². The molecule has 0 amide bonds. The van der Waals surface area contributed by atoms with Gasteiger partial charge in [-0.3, -0.25) is 4.98 Å². The number of hydrogen-bond donors (Lipinski definition) is 0. The molecule has 1 aromatic heterocycles. The maximum absolute atomic E-state index is 7.05. The van der Waals surface area contributed by atoms with E-state index in [1.807, 2.05) is 0 Å². The minimum Gasteiger partial charge on any atom is -0.262 e. The van der Waals surface area contributed by atoms with Crippen molar-refractivity contribution in [3.05, 3.63) is 30.1 Å². The van der Waals surface area contributed by atoms with Crippen LogP contribution in [0.2, 0.25) is 0 Å². The molecule has 0 N–H and O–H groups in total. The SMILES string of the molecule is [2H]c1cccc(C([2H])[2H])n1. The highest BCUT2D eigenvalue weighted by atomic mass is 14.6. The number of pyridine rings is 1. The summed E-state index contributed by atoms with van der Waals surface area (Å²) in [6, 6.07) is 4.72. The third kappa shape index (κ3) is 1.000. The van der Waals surface area contributed by atoms with Crippen LogP contribution in [-0.4, -0.2) is 4.98 Å². The third-order valence-electron chi connectivity index (χ3n) is 0.631. The molecule has 0 unspecified atom stereocenters. The predicted molar refractivity (Wildman–Crippen MR) is 29.0 cm³/mol. The zero-order valence-corrected chi connectivity index (χ0v) is 3.76. The van der Waals surface area contributed by atoms with Crippen LogP contribution < -0.4 is 0 Å². The Morgan fingerprint density at radius 2 is 2.86 bits per heavy atom. The fourth-order valence-corrected chi connectivity index (χ4v) is 0.339. The van der Waals surface area contributed by atoms with E-state index in [4.69, 9.17) is 4.11 Å². The molecule has 0 aromatic carbocycles. The largest absolute Gasteiger partial charge is 0.262 e. The van der Waals surface area contributed by atoms with Crippen LogP contribution in [0.25, 0.3) is 0 Å². The molecule has 0 radical (unpaired) electrons. The molecule has 0 spiro atoms. The topological polar surface area (TPSA) is 12.9 Å². The van der Waals surface area contributed by atoms with Crippen molar-refractivity contribution in [3.63, 3.8) is 0 Å². The Labute approximate surface area is 47.2 Å². The smallest absolute Gasteiger partial charge is 0.0840 e. The first-order chi connectivity index (χ1) is 4.70. The van der Waals surface area contributed by atoms with Crippen LogP contribution in [0.5, 0.6) is 0 Å². The standard InChI is InChI=1S/C6H7N/c1-6-4-2-3-5-7-6/h2-5H,1H3/i1D2,5D. The van der Waals surface area contributed by atoms with Crippen molar-refractivity contribution in [3.8, 4) is 0 Å². The van der Waals surface area contributed by atoms with Crippen LogP contribution in [0.15, 0.2) is 24.4 Å². The van der Waals surface area contributed by atoms with Gasteiger partial charge in [0, 0.05) is 14.6 Å². The minimum atomic E-state index is -1.08. The Hall–Kier alpha value is -0.850. The van der Waals surface area contributed by atoms with Gasteiger partial charge in [-0.05, 0) is 19.0 Å². The lowest BCUT2D eigenvalue weighted by Gasteiger charge is -1.82. The van der Waals surface area contributed by atoms with Crippen LogP contribution in [0.1, 0.15) is 9.81 Å². The van der Waals surface area contributed by atoms with Gasteiger partial charge in [-0.1, -0.05) is 6.07 Å². The summed E-state index contributed by atoms with van der Waals surface area (Å²) in [6.07, 6.45) is 0.113. The molecule has 36 valence electrons. The van der Waals surface area contributed by atoms with E-state index in [1.54, 1.807) is 12.1 Å². The molecule has 0 aliphatic carbocycles. The molecule has 7 heavy (non-hydrogen) atoms. The van der Waals surface area contributed by atoms with Gasteiger partial charge in [0.05, 0.1) is 1.37 Å². The second-order valence-corrected chi connectivity index (χ2v) is 1.19. The molecular formula is C6H7N. The Bertz CT molecular complexity index is 224. The molecule has 1 heteroatoms. The number of aromatic nitrogens is 1. The fourth-order valence-electron chi connectivity index (χ4n) is 0.339. The zero-order valence-electron chi connectivity index (χ0n) is 6.76. The second kappa shape index (κ2) is 1.73. The van der Waals surface area contributed by atoms with Gasteiger partial charge in [0.1, 0.15) is 0 Å². The Balaban J connectivity index is 2.96. The minimum absolute atomic E-state index is 0.113. The van der Waals surface area contributed by atoms with E-state index in [1.165, 1.54) is 6.07 Å². The lowest BCUT2D eigenvalue weighted by molar-refractivity contribution is 1.20. The summed E-state index contributed by atoms with van der Waals surface area (Å²) in [5, 5.41) is 0. The monoisotopic (exact) mass is 96.1 g/mol. The number of hydrogen-bond acceptors (Lipinski definition) is 1. The van der Waals surface area contributed by atoms with Crippen molar-refractivity contribution in [2.75, 3.05) is 0 Å². The molecule has 0 aliphatic heterocycles. The summed E-state index contributed by atoms with van der Waals surface area (Å²) in [5.41, 5.74) is 0.326. The molecule has 0 aliphatic rings. The normalized spacial score (nSPS) is 15.3. The molecule has 1 nitrogen and oxygen atoms in total. The molecule has 0 bridgehead atoms. The summed E-state index contributed by atoms with van der Waals surface area (Å²) in [6.45, 7) is -1.08. The number of rotatable bonds is 0. The lowest BCUT2D eigenvalue weighted by Crippen LogP contribution is -1.72. The first-order valence-corrected chi connectivity index (χ1v) is 1.98. The van der Waals surface area contributed by atoms with Crippen molar-refractivity contribution in [1.82, 2.24) is 4.98 Å². The summed E-state index contributed by atoms with van der Waals surface area (Å²) >= 11 is 0. The van der Waals surface area contributed by atoms with Crippen molar-refractivity contribution >= 4 is 0 Å². The first kappa shape index (κ1) is 1.95. The molecule has 1 heterocycles. The van der Waals surface area contributed by atoms with Crippen molar-refractivity contribution in [2.24, 2.45) is 0 Å². The third-order valence-corrected chi connectivity index (χ3v) is 0.631. The molecule has 0 saturated carbocycles. The Morgan fingerprint density at radius 3 is 3.43 bits per heavy atom. The van der Waals surface area contributed by atoms with Gasteiger partial charge in [-0.15, -0.1) is 0 Å². The molecule has 0 fully saturated rings. The summed E-state index contributed by atoms with van der Waals surface area (Å²) < 4.78 is 20.9. The predicted octanol–water partition coefficient (Wildman–Crippen LogP) is 1.39. The average Bonchev–Trinajstić information content (AvgIpc) is 1.88. The number of nitrogens with zero attached hydrogens (tertiary/aromatic N) is 1. The quantitative estimate of drug-likeness (QED) is 0.475. The van der Waals surface area contributed by atoms with Gasteiger partial charge in [-0.25, -0.2) is 0 Å². The molecule has 1 aromatic rings. The maximum atomic E-state index is 7.05. The highest BCUT2D eigenvalue weighted by Crippen LogP contribution is 1.85. The van der Waals surface area contributed by atoms with Crippen molar-refractivity contribution in [1.29, 1.82) is 0 Å². The van der Waals surface area contributed by atoms with Crippen molar-refractivity contribution in [2.45, 2.75) is 6.88 Å². The van der Waals surface area contributed by atoms with Crippen LogP contribution in [0, 0.1) is 6.88 Å². The van der Waals surface area contributed by atoms with E-state index in [-0.39, 0.29) is 6.17 Å². The van der Waals surface area contributed by atoms with Gasteiger partial charge in [0.25, 0.3) is 0 Å². The zero-order chi connectivity index (χ0) is 7.56. The highest BCUT2D eigenvalue weighted by Gasteiger charge is 1.73. The van der Waals surface area contributed by atoms with E-state index in [0.29, 0.717) is 5.69 Å². The van der Waals surface area contributed by atoms with Crippen LogP contribution in [-0.2, 0) is 0 Å². The summed E-state index contributed by atoms with van der Waals surface area (Å²) in [4.78, 5) is 3.66. The van der Waals surface area contributed by atoms with Crippen LogP contribution >= 0.6 is 0 Å². The summed E-state index contributed by atoms with van der Waals surface area (Å²) in [5.74, 6) is 0. The lowest BCUT2D eigenvalue weighted by atomic mass is 10.4. The van der Waals surface area contributed by atoms with Gasteiger partial charge >= 0.3 is 0 Å². The summed E-state index contributed by atoms with van der Waals surface area (Å²) in [7, 11) is 0. The van der Waals surface area contributed by atoms with Gasteiger partial charge in [-0.2, -0.15) is 0 Å². The van der Waals surface area contributed by atoms with E-state index in [0.717, 1.165) is 0 Å². The maximum Gasteiger partial charge on any atom is 0.0840 e. The van der Waals surface area contributed by atoms with E-state index >= 15 is 0 Å². The first-order valence-electron chi connectivity index (χ1n) is 3.63. The van der Waals surface area contributed by atoms with Gasteiger partial charge in [0.2, 0.25) is 0 Å². The number of aryl methyl sites for hydroxylation is 1. The van der Waals surface area contributed by atoms with Crippen molar-refractivity contribution < 1.29 is 4.11 Å². The Morgan fingerprint density at radius 1 is 1.86 bits per heavy atom. The van der Waals surface area contributed by atoms with Gasteiger partial charge < -0.3 is 0 Å². The molecular weight excluding hydrogens is 86.1 g/mol. The molecule has 0 saturated heterocycles.